The highest BCUT2D eigenvalue weighted by molar-refractivity contribution is 6.12. The fourth-order valence-electron chi connectivity index (χ4n) is 5.92. The van der Waals surface area contributed by atoms with Crippen molar-refractivity contribution in [3.63, 3.8) is 0 Å². The van der Waals surface area contributed by atoms with Crippen LogP contribution in [0.15, 0.2) is 72.8 Å². The van der Waals surface area contributed by atoms with Gasteiger partial charge in [-0.25, -0.2) is 0 Å². The third kappa shape index (κ3) is 6.44. The maximum absolute atomic E-state index is 5.04. The van der Waals surface area contributed by atoms with E-state index in [2.05, 4.69) is 100 Å². The average Bonchev–Trinajstić information content (AvgIpc) is 2.97. The summed E-state index contributed by atoms with van der Waals surface area (Å²) in [7, 11) is 0. The number of rotatable bonds is 12. The average molecular weight is 529 g/mol. The Morgan fingerprint density at radius 2 is 0.875 bits per heavy atom. The Morgan fingerprint density at radius 3 is 1.25 bits per heavy atom. The molecule has 5 aromatic rings. The van der Waals surface area contributed by atoms with Crippen LogP contribution < -0.4 is 0 Å². The predicted octanol–water partition coefficient (Wildman–Crippen LogP) is 11.0. The van der Waals surface area contributed by atoms with E-state index in [-0.39, 0.29) is 0 Å². The normalized spacial score (nSPS) is 11.5. The molecule has 0 atom stereocenters. The van der Waals surface area contributed by atoms with Crippen molar-refractivity contribution in [2.24, 2.45) is 0 Å². The zero-order chi connectivity index (χ0) is 27.9. The van der Waals surface area contributed by atoms with E-state index >= 15 is 0 Å². The van der Waals surface area contributed by atoms with Crippen molar-refractivity contribution in [3.05, 3.63) is 95.3 Å². The molecule has 3 aromatic carbocycles. The fourth-order valence-corrected chi connectivity index (χ4v) is 5.92. The van der Waals surface area contributed by atoms with Crippen LogP contribution in [-0.4, -0.2) is 9.97 Å². The van der Waals surface area contributed by atoms with Crippen molar-refractivity contribution < 1.29 is 0 Å². The van der Waals surface area contributed by atoms with Gasteiger partial charge in [-0.3, -0.25) is 9.97 Å². The van der Waals surface area contributed by atoms with Crippen LogP contribution in [0.25, 0.3) is 44.1 Å². The zero-order valence-corrected chi connectivity index (χ0v) is 24.9. The SMILES string of the molecule is CCCCCCc1ccc(-c2cc(C)nc3c2ccc2c(-c4ccc(CCCCCC)cc4)cc(C)nc23)cc1. The molecule has 2 heterocycles. The second-order valence-corrected chi connectivity index (χ2v) is 11.5. The lowest BCUT2D eigenvalue weighted by Crippen LogP contribution is -1.95. The molecule has 2 aromatic heterocycles. The Bertz CT molecular complexity index is 1440. The predicted molar refractivity (Wildman–Crippen MR) is 173 cm³/mol. The number of pyridine rings is 2. The molecule has 2 heteroatoms. The molecule has 5 rings (SSSR count). The molecular weight excluding hydrogens is 484 g/mol. The van der Waals surface area contributed by atoms with Gasteiger partial charge in [0.1, 0.15) is 0 Å². The minimum atomic E-state index is 0.994. The highest BCUT2D eigenvalue weighted by atomic mass is 14.8. The van der Waals surface area contributed by atoms with Crippen LogP contribution in [0.1, 0.15) is 87.7 Å². The van der Waals surface area contributed by atoms with Gasteiger partial charge in [-0.2, -0.15) is 0 Å². The molecule has 0 saturated heterocycles. The van der Waals surface area contributed by atoms with E-state index in [1.807, 2.05) is 0 Å². The largest absolute Gasteiger partial charge is 0.251 e. The minimum absolute atomic E-state index is 0.994. The number of hydrogen-bond acceptors (Lipinski definition) is 2. The van der Waals surface area contributed by atoms with Crippen LogP contribution in [0.2, 0.25) is 0 Å². The molecule has 40 heavy (non-hydrogen) atoms. The third-order valence-corrected chi connectivity index (χ3v) is 8.18. The zero-order valence-electron chi connectivity index (χ0n) is 24.9. The number of aromatic nitrogens is 2. The van der Waals surface area contributed by atoms with Gasteiger partial charge in [-0.15, -0.1) is 0 Å². The van der Waals surface area contributed by atoms with E-state index in [0.29, 0.717) is 0 Å². The standard InChI is InChI=1S/C38H44N2/c1-5-7-9-11-13-29-15-19-31(20-16-29)35-25-27(3)39-37-33(35)23-24-34-36(26-28(4)40-38(34)37)32-21-17-30(18-22-32)14-12-10-8-6-2/h15-26H,5-14H2,1-4H3. The van der Waals surface area contributed by atoms with Gasteiger partial charge in [0.15, 0.2) is 0 Å². The molecule has 0 aliphatic carbocycles. The Balaban J connectivity index is 1.49. The van der Waals surface area contributed by atoms with E-state index in [0.717, 1.165) is 35.3 Å². The number of benzene rings is 3. The molecule has 206 valence electrons. The van der Waals surface area contributed by atoms with Gasteiger partial charge in [0.2, 0.25) is 0 Å². The Hall–Kier alpha value is -3.52. The summed E-state index contributed by atoms with van der Waals surface area (Å²) in [6, 6.07) is 27.3. The highest BCUT2D eigenvalue weighted by Gasteiger charge is 2.14. The first-order chi connectivity index (χ1) is 19.6. The number of nitrogens with zero attached hydrogens (tertiary/aromatic N) is 2. The Kier molecular flexibility index (Phi) is 9.26. The van der Waals surface area contributed by atoms with E-state index < -0.39 is 0 Å². The molecule has 0 radical (unpaired) electrons. The summed E-state index contributed by atoms with van der Waals surface area (Å²) in [5.74, 6) is 0. The second-order valence-electron chi connectivity index (χ2n) is 11.5. The molecule has 0 spiro atoms. The van der Waals surface area contributed by atoms with Crippen LogP contribution >= 0.6 is 0 Å². The summed E-state index contributed by atoms with van der Waals surface area (Å²) >= 11 is 0. The van der Waals surface area contributed by atoms with Gasteiger partial charge >= 0.3 is 0 Å². The molecule has 2 nitrogen and oxygen atoms in total. The first-order valence-electron chi connectivity index (χ1n) is 15.5. The first kappa shape index (κ1) is 28.0. The molecule has 0 N–H and O–H groups in total. The summed E-state index contributed by atoms with van der Waals surface area (Å²) in [5.41, 5.74) is 11.8. The maximum Gasteiger partial charge on any atom is 0.0974 e. The lowest BCUT2D eigenvalue weighted by atomic mass is 9.94. The molecular formula is C38H44N2. The van der Waals surface area contributed by atoms with Gasteiger partial charge in [-0.05, 0) is 85.0 Å². The second kappa shape index (κ2) is 13.2. The molecule has 0 fully saturated rings. The van der Waals surface area contributed by atoms with Gasteiger partial charge in [0.25, 0.3) is 0 Å². The van der Waals surface area contributed by atoms with E-state index in [9.17, 15) is 0 Å². The van der Waals surface area contributed by atoms with Crippen molar-refractivity contribution in [2.75, 3.05) is 0 Å². The van der Waals surface area contributed by atoms with Crippen LogP contribution in [0.3, 0.4) is 0 Å². The lowest BCUT2D eigenvalue weighted by molar-refractivity contribution is 0.667. The molecule has 0 unspecified atom stereocenters. The van der Waals surface area contributed by atoms with Crippen molar-refractivity contribution in [3.8, 4) is 22.3 Å². The number of unbranched alkanes of at least 4 members (excludes halogenated alkanes) is 6. The third-order valence-electron chi connectivity index (χ3n) is 8.18. The first-order valence-corrected chi connectivity index (χ1v) is 15.5. The van der Waals surface area contributed by atoms with E-state index in [1.54, 1.807) is 0 Å². The highest BCUT2D eigenvalue weighted by Crippen LogP contribution is 2.36. The number of hydrogen-bond donors (Lipinski definition) is 0. The molecule has 0 aliphatic heterocycles. The van der Waals surface area contributed by atoms with Crippen LogP contribution in [-0.2, 0) is 12.8 Å². The van der Waals surface area contributed by atoms with Gasteiger partial charge in [-0.1, -0.05) is 113 Å². The smallest absolute Gasteiger partial charge is 0.0974 e. The number of aryl methyl sites for hydroxylation is 4. The minimum Gasteiger partial charge on any atom is -0.251 e. The van der Waals surface area contributed by atoms with Gasteiger partial charge < -0.3 is 0 Å². The van der Waals surface area contributed by atoms with Crippen molar-refractivity contribution >= 4 is 21.8 Å². The van der Waals surface area contributed by atoms with Crippen LogP contribution in [0, 0.1) is 13.8 Å². The van der Waals surface area contributed by atoms with Gasteiger partial charge in [0.05, 0.1) is 11.0 Å². The topological polar surface area (TPSA) is 25.8 Å². The Morgan fingerprint density at radius 1 is 0.475 bits per heavy atom. The fraction of sp³-hybridized carbons (Fsp3) is 0.368. The van der Waals surface area contributed by atoms with E-state index in [1.165, 1.54) is 95.5 Å². The summed E-state index contributed by atoms with van der Waals surface area (Å²) in [6.07, 6.45) is 12.7. The quantitative estimate of drug-likeness (QED) is 0.119. The lowest BCUT2D eigenvalue weighted by Gasteiger charge is -2.14. The van der Waals surface area contributed by atoms with Crippen LogP contribution in [0.4, 0.5) is 0 Å². The van der Waals surface area contributed by atoms with E-state index in [4.69, 9.17) is 9.97 Å². The number of fused-ring (bicyclic) bond motifs is 3. The molecule has 0 bridgehead atoms. The summed E-state index contributed by atoms with van der Waals surface area (Å²) in [5, 5.41) is 2.33. The molecule has 0 amide bonds. The van der Waals surface area contributed by atoms with Crippen molar-refractivity contribution in [1.82, 2.24) is 9.97 Å². The summed E-state index contributed by atoms with van der Waals surface area (Å²) in [6.45, 7) is 8.73. The van der Waals surface area contributed by atoms with Crippen molar-refractivity contribution in [2.45, 2.75) is 91.9 Å². The summed E-state index contributed by atoms with van der Waals surface area (Å²) < 4.78 is 0. The molecule has 0 aliphatic rings. The van der Waals surface area contributed by atoms with Gasteiger partial charge in [0, 0.05) is 22.2 Å². The van der Waals surface area contributed by atoms with Crippen molar-refractivity contribution in [1.29, 1.82) is 0 Å². The monoisotopic (exact) mass is 528 g/mol. The van der Waals surface area contributed by atoms with Crippen LogP contribution in [0.5, 0.6) is 0 Å². The summed E-state index contributed by atoms with van der Waals surface area (Å²) in [4.78, 5) is 10.1. The Labute approximate surface area is 240 Å². The maximum atomic E-state index is 5.04. The molecule has 0 saturated carbocycles.